The van der Waals surface area contributed by atoms with Gasteiger partial charge in [-0.2, -0.15) is 0 Å². The van der Waals surface area contributed by atoms with Gasteiger partial charge in [-0.1, -0.05) is 52.4 Å². The van der Waals surface area contributed by atoms with Crippen LogP contribution in [0.25, 0.3) is 0 Å². The molecule has 0 N–H and O–H groups in total. The molecule has 1 heterocycles. The Morgan fingerprint density at radius 2 is 1.23 bits per heavy atom. The van der Waals surface area contributed by atoms with Gasteiger partial charge in [0, 0.05) is 13.1 Å². The summed E-state index contributed by atoms with van der Waals surface area (Å²) in [6.45, 7) is 7.30. The summed E-state index contributed by atoms with van der Waals surface area (Å²) in [6, 6.07) is 0. The van der Waals surface area contributed by atoms with Gasteiger partial charge in [0.1, 0.15) is 5.92 Å². The van der Waals surface area contributed by atoms with Crippen LogP contribution in [0.15, 0.2) is 0 Å². The lowest BCUT2D eigenvalue weighted by atomic mass is 10.0. The minimum Gasteiger partial charge on any atom is -0.288 e. The van der Waals surface area contributed by atoms with Gasteiger partial charge in [-0.3, -0.25) is 19.4 Å². The number of hydrogen-bond acceptors (Lipinski definition) is 3. The van der Waals surface area contributed by atoms with Gasteiger partial charge >= 0.3 is 0 Å². The van der Waals surface area contributed by atoms with E-state index >= 15 is 0 Å². The van der Waals surface area contributed by atoms with Gasteiger partial charge in [0.2, 0.25) is 11.8 Å². The zero-order chi connectivity index (χ0) is 16.5. The molecule has 0 bridgehead atoms. The van der Waals surface area contributed by atoms with Crippen LogP contribution in [0.2, 0.25) is 0 Å². The molecule has 1 rings (SSSR count). The minimum atomic E-state index is -0.593. The van der Waals surface area contributed by atoms with Crippen molar-refractivity contribution in [2.45, 2.75) is 72.1 Å². The van der Waals surface area contributed by atoms with Crippen molar-refractivity contribution in [3.63, 3.8) is 0 Å². The highest BCUT2D eigenvalue weighted by molar-refractivity contribution is 7.80. The molecular formula is C17H30N2O2S. The largest absolute Gasteiger partial charge is 0.288 e. The highest BCUT2D eigenvalue weighted by atomic mass is 32.1. The Balaban J connectivity index is 2.62. The predicted molar refractivity (Wildman–Crippen MR) is 93.5 cm³/mol. The molecule has 0 spiro atoms. The maximum atomic E-state index is 12.3. The Morgan fingerprint density at radius 1 is 0.818 bits per heavy atom. The van der Waals surface area contributed by atoms with Crippen molar-refractivity contribution in [3.05, 3.63) is 0 Å². The van der Waals surface area contributed by atoms with Gasteiger partial charge < -0.3 is 0 Å². The van der Waals surface area contributed by atoms with E-state index in [1.165, 1.54) is 12.8 Å². The number of unbranched alkanes of at least 4 members (excludes halogenated alkanes) is 6. The van der Waals surface area contributed by atoms with E-state index in [1.807, 2.05) is 0 Å². The summed E-state index contributed by atoms with van der Waals surface area (Å²) in [5.41, 5.74) is 0. The van der Waals surface area contributed by atoms with Crippen LogP contribution in [-0.2, 0) is 9.59 Å². The summed E-state index contributed by atoms with van der Waals surface area (Å²) in [7, 11) is 0. The molecule has 1 aliphatic heterocycles. The number of thiocarbonyl (C=S) groups is 1. The second-order valence-electron chi connectivity index (χ2n) is 6.11. The lowest BCUT2D eigenvalue weighted by Gasteiger charge is -2.38. The molecule has 0 atom stereocenters. The van der Waals surface area contributed by atoms with Gasteiger partial charge in [-0.05, 0) is 32.0 Å². The van der Waals surface area contributed by atoms with E-state index in [0.717, 1.165) is 38.5 Å². The number of carbonyl (C=O) groups is 2. The highest BCUT2D eigenvalue weighted by Gasteiger charge is 2.40. The highest BCUT2D eigenvalue weighted by Crippen LogP contribution is 2.19. The first-order valence-electron chi connectivity index (χ1n) is 8.71. The van der Waals surface area contributed by atoms with Crippen LogP contribution in [0, 0.1) is 5.92 Å². The summed E-state index contributed by atoms with van der Waals surface area (Å²) in [6.07, 6.45) is 8.76. The van der Waals surface area contributed by atoms with Crippen molar-refractivity contribution in [3.8, 4) is 0 Å². The fourth-order valence-corrected chi connectivity index (χ4v) is 3.07. The standard InChI is InChI=1S/C17H30N2O2S/c1-4-6-8-10-12-18-15(20)14(3)16(21)19(17(18)22)13-11-9-7-5-2/h14H,4-13H2,1-3H3. The third-order valence-corrected chi connectivity index (χ3v) is 4.65. The molecule has 0 radical (unpaired) electrons. The average molecular weight is 327 g/mol. The van der Waals surface area contributed by atoms with Gasteiger partial charge in [0.15, 0.2) is 5.11 Å². The lowest BCUT2D eigenvalue weighted by molar-refractivity contribution is -0.146. The van der Waals surface area contributed by atoms with E-state index in [1.54, 1.807) is 16.7 Å². The second kappa shape index (κ2) is 9.93. The Hall–Kier alpha value is -0.970. The Kier molecular flexibility index (Phi) is 8.61. The van der Waals surface area contributed by atoms with Crippen LogP contribution in [0.5, 0.6) is 0 Å². The number of rotatable bonds is 10. The first-order chi connectivity index (χ1) is 10.5. The molecule has 4 nitrogen and oxygen atoms in total. The smallest absolute Gasteiger partial charge is 0.241 e. The van der Waals surface area contributed by atoms with Crippen molar-refractivity contribution < 1.29 is 9.59 Å². The quantitative estimate of drug-likeness (QED) is 0.349. The summed E-state index contributed by atoms with van der Waals surface area (Å²) in [4.78, 5) is 27.9. The van der Waals surface area contributed by atoms with E-state index in [2.05, 4.69) is 13.8 Å². The van der Waals surface area contributed by atoms with Gasteiger partial charge in [-0.15, -0.1) is 0 Å². The molecule has 1 aliphatic rings. The fraction of sp³-hybridized carbons (Fsp3) is 0.824. The molecule has 1 saturated heterocycles. The number of hydrogen-bond donors (Lipinski definition) is 0. The predicted octanol–water partition coefficient (Wildman–Crippen LogP) is 3.74. The summed E-state index contributed by atoms with van der Waals surface area (Å²) >= 11 is 5.42. The molecule has 0 aromatic heterocycles. The SMILES string of the molecule is CCCCCCN1C(=O)C(C)C(=O)N(CCCCCC)C1=S. The summed E-state index contributed by atoms with van der Waals surface area (Å²) < 4.78 is 0. The summed E-state index contributed by atoms with van der Waals surface area (Å²) in [5, 5.41) is 0.418. The Bertz CT molecular complexity index is 364. The van der Waals surface area contributed by atoms with Crippen molar-refractivity contribution in [1.29, 1.82) is 0 Å². The molecule has 5 heteroatoms. The third-order valence-electron chi connectivity index (χ3n) is 4.21. The monoisotopic (exact) mass is 326 g/mol. The van der Waals surface area contributed by atoms with Crippen LogP contribution in [0.4, 0.5) is 0 Å². The Labute approximate surface area is 140 Å². The molecule has 1 fully saturated rings. The van der Waals surface area contributed by atoms with Crippen molar-refractivity contribution in [2.75, 3.05) is 13.1 Å². The van der Waals surface area contributed by atoms with E-state index in [9.17, 15) is 9.59 Å². The van der Waals surface area contributed by atoms with Crippen LogP contribution in [-0.4, -0.2) is 39.8 Å². The average Bonchev–Trinajstić information content (AvgIpc) is 2.51. The fourth-order valence-electron chi connectivity index (χ4n) is 2.71. The zero-order valence-corrected chi connectivity index (χ0v) is 15.1. The van der Waals surface area contributed by atoms with E-state index in [-0.39, 0.29) is 11.8 Å². The maximum Gasteiger partial charge on any atom is 0.241 e. The molecule has 0 aromatic rings. The first kappa shape index (κ1) is 19.1. The molecule has 0 unspecified atom stereocenters. The van der Waals surface area contributed by atoms with Crippen LogP contribution >= 0.6 is 12.2 Å². The number of nitrogens with zero attached hydrogens (tertiary/aromatic N) is 2. The Morgan fingerprint density at radius 3 is 1.59 bits per heavy atom. The zero-order valence-electron chi connectivity index (χ0n) is 14.3. The molecule has 0 saturated carbocycles. The molecule has 0 aliphatic carbocycles. The second-order valence-corrected chi connectivity index (χ2v) is 6.47. The summed E-state index contributed by atoms with van der Waals surface area (Å²) in [5.74, 6) is -0.850. The normalized spacial score (nSPS) is 16.8. The molecule has 22 heavy (non-hydrogen) atoms. The van der Waals surface area contributed by atoms with E-state index < -0.39 is 5.92 Å². The van der Waals surface area contributed by atoms with E-state index in [4.69, 9.17) is 12.2 Å². The number of amides is 2. The third kappa shape index (κ3) is 5.04. The lowest BCUT2D eigenvalue weighted by Crippen LogP contribution is -2.59. The van der Waals surface area contributed by atoms with Crippen molar-refractivity contribution in [2.24, 2.45) is 5.92 Å². The molecule has 126 valence electrons. The van der Waals surface area contributed by atoms with E-state index in [0.29, 0.717) is 18.2 Å². The maximum absolute atomic E-state index is 12.3. The number of carbonyl (C=O) groups excluding carboxylic acids is 2. The van der Waals surface area contributed by atoms with Crippen LogP contribution in [0.1, 0.15) is 72.1 Å². The van der Waals surface area contributed by atoms with Crippen LogP contribution in [0.3, 0.4) is 0 Å². The topological polar surface area (TPSA) is 40.6 Å². The molecule has 0 aromatic carbocycles. The minimum absolute atomic E-state index is 0.128. The van der Waals surface area contributed by atoms with Crippen molar-refractivity contribution >= 4 is 29.1 Å². The van der Waals surface area contributed by atoms with Crippen molar-refractivity contribution in [1.82, 2.24) is 9.80 Å². The van der Waals surface area contributed by atoms with Gasteiger partial charge in [-0.25, -0.2) is 0 Å². The van der Waals surface area contributed by atoms with Crippen LogP contribution < -0.4 is 0 Å². The molecular weight excluding hydrogens is 296 g/mol. The van der Waals surface area contributed by atoms with Gasteiger partial charge in [0.05, 0.1) is 0 Å². The van der Waals surface area contributed by atoms with Gasteiger partial charge in [0.25, 0.3) is 0 Å². The molecule has 2 amide bonds. The first-order valence-corrected chi connectivity index (χ1v) is 9.12.